The van der Waals surface area contributed by atoms with E-state index in [0.29, 0.717) is 6.61 Å². The van der Waals surface area contributed by atoms with E-state index >= 15 is 0 Å². The Hall–Kier alpha value is -1.13. The highest BCUT2D eigenvalue weighted by Gasteiger charge is 2.41. The number of benzene rings is 1. The number of nitrogens with zero attached hydrogens (tertiary/aromatic N) is 2. The van der Waals surface area contributed by atoms with Gasteiger partial charge in [0.05, 0.1) is 28.1 Å². The Morgan fingerprint density at radius 1 is 1.55 bits per heavy atom. The van der Waals surface area contributed by atoms with Gasteiger partial charge in [-0.3, -0.25) is 0 Å². The Bertz CT molecular complexity index is 655. The van der Waals surface area contributed by atoms with E-state index in [1.165, 1.54) is 12.1 Å². The number of aromatic nitrogens is 2. The second-order valence-electron chi connectivity index (χ2n) is 5.67. The molecule has 1 aromatic carbocycles. The quantitative estimate of drug-likeness (QED) is 0.783. The molecular weight excluding hydrogens is 279 g/mol. The molecule has 0 N–H and O–H groups in total. The molecule has 0 amide bonds. The van der Waals surface area contributed by atoms with Gasteiger partial charge >= 0.3 is 0 Å². The largest absolute Gasteiger partial charge is 0.376 e. The first kappa shape index (κ1) is 13.8. The molecule has 108 valence electrons. The summed E-state index contributed by atoms with van der Waals surface area (Å²) in [5, 5.41) is -0.241. The molecule has 2 heterocycles. The zero-order chi connectivity index (χ0) is 14.5. The predicted octanol–water partition coefficient (Wildman–Crippen LogP) is 4.00. The van der Waals surface area contributed by atoms with Gasteiger partial charge in [-0.15, -0.1) is 11.6 Å². The van der Waals surface area contributed by atoms with Crippen LogP contribution in [0.1, 0.15) is 38.4 Å². The molecule has 2 aromatic rings. The molecular formula is C15H18ClFN2O. The van der Waals surface area contributed by atoms with E-state index in [4.69, 9.17) is 16.3 Å². The summed E-state index contributed by atoms with van der Waals surface area (Å²) >= 11 is 6.29. The van der Waals surface area contributed by atoms with Crippen molar-refractivity contribution >= 4 is 22.6 Å². The van der Waals surface area contributed by atoms with E-state index in [0.717, 1.165) is 23.3 Å². The van der Waals surface area contributed by atoms with E-state index < -0.39 is 0 Å². The minimum Gasteiger partial charge on any atom is -0.376 e. The zero-order valence-electron chi connectivity index (χ0n) is 11.9. The molecule has 5 heteroatoms. The van der Waals surface area contributed by atoms with E-state index in [9.17, 15) is 4.39 Å². The van der Waals surface area contributed by atoms with Crippen molar-refractivity contribution in [2.45, 2.75) is 44.2 Å². The van der Waals surface area contributed by atoms with Crippen LogP contribution in [0.5, 0.6) is 0 Å². The minimum atomic E-state index is -0.261. The molecule has 0 saturated carbocycles. The summed E-state index contributed by atoms with van der Waals surface area (Å²) in [4.78, 5) is 4.59. The summed E-state index contributed by atoms with van der Waals surface area (Å²) in [6.45, 7) is 6.75. The van der Waals surface area contributed by atoms with Crippen LogP contribution in [-0.2, 0) is 10.3 Å². The van der Waals surface area contributed by atoms with Crippen LogP contribution in [-0.4, -0.2) is 22.3 Å². The van der Waals surface area contributed by atoms with Crippen LogP contribution >= 0.6 is 11.6 Å². The van der Waals surface area contributed by atoms with Crippen LogP contribution in [0.25, 0.3) is 11.0 Å². The molecule has 3 unspecified atom stereocenters. The van der Waals surface area contributed by atoms with Crippen LogP contribution < -0.4 is 0 Å². The minimum absolute atomic E-state index is 0.0392. The average Bonchev–Trinajstić information content (AvgIpc) is 2.91. The number of hydrogen-bond acceptors (Lipinski definition) is 2. The highest BCUT2D eigenvalue weighted by Crippen LogP contribution is 2.39. The summed E-state index contributed by atoms with van der Waals surface area (Å²) < 4.78 is 21.4. The third-order valence-electron chi connectivity index (χ3n) is 4.36. The first-order valence-electron chi connectivity index (χ1n) is 6.87. The van der Waals surface area contributed by atoms with Crippen LogP contribution in [0, 0.1) is 5.82 Å². The lowest BCUT2D eigenvalue weighted by molar-refractivity contribution is 0.0763. The van der Waals surface area contributed by atoms with Gasteiger partial charge in [0.2, 0.25) is 0 Å². The fourth-order valence-corrected chi connectivity index (χ4v) is 3.14. The maximum atomic E-state index is 13.6. The molecule has 1 aromatic heterocycles. The van der Waals surface area contributed by atoms with Gasteiger partial charge < -0.3 is 9.30 Å². The van der Waals surface area contributed by atoms with Crippen molar-refractivity contribution in [3.8, 4) is 0 Å². The van der Waals surface area contributed by atoms with Crippen molar-refractivity contribution in [2.75, 3.05) is 6.61 Å². The van der Waals surface area contributed by atoms with Gasteiger partial charge in [0.25, 0.3) is 0 Å². The van der Waals surface area contributed by atoms with E-state index in [-0.39, 0.29) is 22.8 Å². The number of alkyl halides is 1. The lowest BCUT2D eigenvalue weighted by Gasteiger charge is -2.32. The second-order valence-corrected chi connectivity index (χ2v) is 6.33. The highest BCUT2D eigenvalue weighted by atomic mass is 35.5. The molecule has 1 aliphatic rings. The summed E-state index contributed by atoms with van der Waals surface area (Å²) in [5.74, 6) is 0.509. The lowest BCUT2D eigenvalue weighted by Crippen LogP contribution is -2.38. The molecule has 0 bridgehead atoms. The predicted molar refractivity (Wildman–Crippen MR) is 77.6 cm³/mol. The fraction of sp³-hybridized carbons (Fsp3) is 0.533. The van der Waals surface area contributed by atoms with Gasteiger partial charge in [-0.05, 0) is 45.4 Å². The van der Waals surface area contributed by atoms with Crippen molar-refractivity contribution in [3.63, 3.8) is 0 Å². The normalized spacial score (nSPS) is 28.1. The third-order valence-corrected chi connectivity index (χ3v) is 4.56. The molecule has 3 nitrogen and oxygen atoms in total. The standard InChI is InChI=1S/C15H18ClFN2O/c1-9(16)14-18-12-5-4-11(17)8-13(12)19(14)15(3)6-7-20-10(15)2/h4-5,8-10H,6-7H2,1-3H3. The monoisotopic (exact) mass is 296 g/mol. The third kappa shape index (κ3) is 1.93. The first-order valence-corrected chi connectivity index (χ1v) is 7.31. The molecule has 0 spiro atoms. The van der Waals surface area contributed by atoms with E-state index in [1.54, 1.807) is 6.07 Å². The second kappa shape index (κ2) is 4.71. The van der Waals surface area contributed by atoms with Crippen LogP contribution in [0.3, 0.4) is 0 Å². The SMILES string of the molecule is CC(Cl)c1nc2ccc(F)cc2n1C1(C)CCOC1C. The van der Waals surface area contributed by atoms with Gasteiger partial charge in [0, 0.05) is 6.61 Å². The number of rotatable bonds is 2. The van der Waals surface area contributed by atoms with Gasteiger partial charge in [-0.25, -0.2) is 9.37 Å². The van der Waals surface area contributed by atoms with Crippen LogP contribution in [0.4, 0.5) is 4.39 Å². The topological polar surface area (TPSA) is 27.1 Å². The Labute approximate surface area is 122 Å². The average molecular weight is 297 g/mol. The molecule has 20 heavy (non-hydrogen) atoms. The Balaban J connectivity index is 2.31. The van der Waals surface area contributed by atoms with Crippen molar-refractivity contribution in [3.05, 3.63) is 29.8 Å². The number of hydrogen-bond donors (Lipinski definition) is 0. The molecule has 0 aliphatic carbocycles. The molecule has 3 atom stereocenters. The summed E-state index contributed by atoms with van der Waals surface area (Å²) in [6, 6.07) is 4.66. The summed E-state index contributed by atoms with van der Waals surface area (Å²) in [7, 11) is 0. The molecule has 3 rings (SSSR count). The van der Waals surface area contributed by atoms with Crippen LogP contribution in [0.15, 0.2) is 18.2 Å². The maximum absolute atomic E-state index is 13.6. The van der Waals surface area contributed by atoms with E-state index in [1.807, 2.05) is 13.8 Å². The summed E-state index contributed by atoms with van der Waals surface area (Å²) in [6.07, 6.45) is 0.907. The van der Waals surface area contributed by atoms with E-state index in [2.05, 4.69) is 16.5 Å². The fourth-order valence-electron chi connectivity index (χ4n) is 2.99. The van der Waals surface area contributed by atoms with Gasteiger partial charge in [0.1, 0.15) is 11.6 Å². The van der Waals surface area contributed by atoms with Crippen LogP contribution in [0.2, 0.25) is 0 Å². The smallest absolute Gasteiger partial charge is 0.128 e. The molecule has 0 radical (unpaired) electrons. The van der Waals surface area contributed by atoms with Crippen molar-refractivity contribution in [1.29, 1.82) is 0 Å². The first-order chi connectivity index (χ1) is 9.43. The maximum Gasteiger partial charge on any atom is 0.128 e. The van der Waals surface area contributed by atoms with Crippen molar-refractivity contribution < 1.29 is 9.13 Å². The van der Waals surface area contributed by atoms with Gasteiger partial charge in [-0.1, -0.05) is 0 Å². The van der Waals surface area contributed by atoms with Gasteiger partial charge in [0.15, 0.2) is 0 Å². The molecule has 1 fully saturated rings. The van der Waals surface area contributed by atoms with Crippen molar-refractivity contribution in [1.82, 2.24) is 9.55 Å². The number of imidazole rings is 1. The molecule has 1 aliphatic heterocycles. The zero-order valence-corrected chi connectivity index (χ0v) is 12.6. The number of ether oxygens (including phenoxy) is 1. The molecule has 1 saturated heterocycles. The number of halogens is 2. The van der Waals surface area contributed by atoms with Crippen molar-refractivity contribution in [2.24, 2.45) is 0 Å². The summed E-state index contributed by atoms with van der Waals surface area (Å²) in [5.41, 5.74) is 1.31. The van der Waals surface area contributed by atoms with Gasteiger partial charge in [-0.2, -0.15) is 0 Å². The lowest BCUT2D eigenvalue weighted by atomic mass is 9.93. The number of fused-ring (bicyclic) bond motifs is 1. The highest BCUT2D eigenvalue weighted by molar-refractivity contribution is 6.20. The Morgan fingerprint density at radius 3 is 2.90 bits per heavy atom. The Morgan fingerprint density at radius 2 is 2.30 bits per heavy atom. The Kier molecular flexibility index (Phi) is 3.26.